The average Bonchev–Trinajstić information content (AvgIpc) is 2.26. The van der Waals surface area contributed by atoms with Crippen LogP contribution in [0.2, 0.25) is 0 Å². The van der Waals surface area contributed by atoms with Crippen LogP contribution < -0.4 is 4.74 Å². The molecule has 20 heavy (non-hydrogen) atoms. The molecule has 1 unspecified atom stereocenters. The minimum absolute atomic E-state index is 0.0815. The fourth-order valence-electron chi connectivity index (χ4n) is 2.16. The van der Waals surface area contributed by atoms with Crippen LogP contribution in [0.25, 0.3) is 0 Å². The van der Waals surface area contributed by atoms with Crippen LogP contribution in [0.3, 0.4) is 0 Å². The van der Waals surface area contributed by atoms with Crippen LogP contribution >= 0.6 is 0 Å². The summed E-state index contributed by atoms with van der Waals surface area (Å²) in [5, 5.41) is 0. The molecule has 0 bridgehead atoms. The van der Waals surface area contributed by atoms with E-state index in [0.29, 0.717) is 5.75 Å². The molecule has 0 saturated carbocycles. The van der Waals surface area contributed by atoms with Crippen LogP contribution in [-0.2, 0) is 4.79 Å². The van der Waals surface area contributed by atoms with Crippen molar-refractivity contribution in [1.29, 1.82) is 0 Å². The molecule has 0 aliphatic carbocycles. The smallest absolute Gasteiger partial charge is 0.314 e. The third-order valence-corrected chi connectivity index (χ3v) is 3.47. The van der Waals surface area contributed by atoms with Gasteiger partial charge in [0.1, 0.15) is 5.75 Å². The Morgan fingerprint density at radius 1 is 1.05 bits per heavy atom. The lowest BCUT2D eigenvalue weighted by atomic mass is 9.75. The van der Waals surface area contributed by atoms with Gasteiger partial charge in [0.2, 0.25) is 0 Å². The molecule has 0 amide bonds. The molecule has 2 heteroatoms. The van der Waals surface area contributed by atoms with Crippen LogP contribution in [-0.4, -0.2) is 5.97 Å². The highest BCUT2D eigenvalue weighted by Crippen LogP contribution is 2.34. The molecular weight excluding hydrogens is 248 g/mol. The van der Waals surface area contributed by atoms with Crippen molar-refractivity contribution in [2.45, 2.75) is 54.4 Å². The van der Waals surface area contributed by atoms with Gasteiger partial charge in [0, 0.05) is 0 Å². The van der Waals surface area contributed by atoms with Crippen molar-refractivity contribution in [2.24, 2.45) is 16.7 Å². The highest BCUT2D eigenvalue weighted by atomic mass is 16.5. The van der Waals surface area contributed by atoms with Gasteiger partial charge in [-0.2, -0.15) is 0 Å². The van der Waals surface area contributed by atoms with E-state index in [-0.39, 0.29) is 22.7 Å². The van der Waals surface area contributed by atoms with E-state index in [1.54, 1.807) is 0 Å². The Bertz CT molecular complexity index is 421. The molecule has 1 aromatic rings. The minimum Gasteiger partial charge on any atom is -0.426 e. The molecule has 0 aliphatic heterocycles. The zero-order chi connectivity index (χ0) is 15.4. The number of esters is 1. The zero-order valence-electron chi connectivity index (χ0n) is 13.7. The van der Waals surface area contributed by atoms with Crippen LogP contribution in [0.15, 0.2) is 30.3 Å². The Morgan fingerprint density at radius 2 is 1.60 bits per heavy atom. The fourth-order valence-corrected chi connectivity index (χ4v) is 2.16. The summed E-state index contributed by atoms with van der Waals surface area (Å²) in [6.07, 6.45) is 1.87. The molecule has 0 N–H and O–H groups in total. The monoisotopic (exact) mass is 276 g/mol. The van der Waals surface area contributed by atoms with E-state index >= 15 is 0 Å². The van der Waals surface area contributed by atoms with E-state index in [9.17, 15) is 4.79 Å². The van der Waals surface area contributed by atoms with Gasteiger partial charge in [0.05, 0.1) is 5.92 Å². The Labute approximate surface area is 123 Å². The predicted octanol–water partition coefficient (Wildman–Crippen LogP) is 5.08. The first-order chi connectivity index (χ1) is 9.09. The summed E-state index contributed by atoms with van der Waals surface area (Å²) in [6.45, 7) is 12.9. The van der Waals surface area contributed by atoms with Crippen LogP contribution in [0.4, 0.5) is 0 Å². The first-order valence-electron chi connectivity index (χ1n) is 7.36. The van der Waals surface area contributed by atoms with E-state index in [1.807, 2.05) is 30.3 Å². The van der Waals surface area contributed by atoms with Gasteiger partial charge in [-0.15, -0.1) is 0 Å². The minimum atomic E-state index is -0.118. The molecule has 2 nitrogen and oxygen atoms in total. The van der Waals surface area contributed by atoms with Gasteiger partial charge in [-0.05, 0) is 35.8 Å². The SMILES string of the molecule is CC(C)(C)CCC(C(=O)Oc1ccccc1)C(C)(C)C. The van der Waals surface area contributed by atoms with Crippen LogP contribution in [0.1, 0.15) is 54.4 Å². The lowest BCUT2D eigenvalue weighted by Crippen LogP contribution is -2.32. The molecule has 1 atom stereocenters. The molecule has 0 saturated heterocycles. The van der Waals surface area contributed by atoms with Gasteiger partial charge in [-0.1, -0.05) is 59.7 Å². The van der Waals surface area contributed by atoms with Gasteiger partial charge in [0.25, 0.3) is 0 Å². The maximum atomic E-state index is 12.5. The standard InChI is InChI=1S/C18H28O2/c1-17(2,3)13-12-15(18(4,5)6)16(19)20-14-10-8-7-9-11-14/h7-11,15H,12-13H2,1-6H3. The molecule has 0 radical (unpaired) electrons. The normalized spacial score (nSPS) is 13.9. The highest BCUT2D eigenvalue weighted by molar-refractivity contribution is 5.75. The second-order valence-electron chi connectivity index (χ2n) is 7.75. The lowest BCUT2D eigenvalue weighted by molar-refractivity contribution is -0.143. The van der Waals surface area contributed by atoms with Crippen molar-refractivity contribution in [1.82, 2.24) is 0 Å². The number of hydrogen-bond acceptors (Lipinski definition) is 2. The van der Waals surface area contributed by atoms with Gasteiger partial charge >= 0.3 is 5.97 Å². The largest absolute Gasteiger partial charge is 0.426 e. The molecule has 0 spiro atoms. The summed E-state index contributed by atoms with van der Waals surface area (Å²) in [6, 6.07) is 9.31. The first kappa shape index (κ1) is 16.7. The molecule has 0 aliphatic rings. The van der Waals surface area contributed by atoms with Gasteiger partial charge < -0.3 is 4.74 Å². The van der Waals surface area contributed by atoms with Crippen molar-refractivity contribution < 1.29 is 9.53 Å². The number of benzene rings is 1. The van der Waals surface area contributed by atoms with Crippen molar-refractivity contribution >= 4 is 5.97 Å². The topological polar surface area (TPSA) is 26.3 Å². The van der Waals surface area contributed by atoms with E-state index in [0.717, 1.165) is 12.8 Å². The summed E-state index contributed by atoms with van der Waals surface area (Å²) < 4.78 is 5.53. The quantitative estimate of drug-likeness (QED) is 0.566. The number of hydrogen-bond donors (Lipinski definition) is 0. The maximum Gasteiger partial charge on any atom is 0.314 e. The highest BCUT2D eigenvalue weighted by Gasteiger charge is 2.33. The van der Waals surface area contributed by atoms with E-state index in [2.05, 4.69) is 41.5 Å². The summed E-state index contributed by atoms with van der Waals surface area (Å²) in [7, 11) is 0. The van der Waals surface area contributed by atoms with E-state index < -0.39 is 0 Å². The molecular formula is C18H28O2. The Hall–Kier alpha value is -1.31. The summed E-state index contributed by atoms with van der Waals surface area (Å²) in [5.41, 5.74) is 0.146. The molecule has 112 valence electrons. The van der Waals surface area contributed by atoms with Crippen LogP contribution in [0, 0.1) is 16.7 Å². The molecule has 1 aromatic carbocycles. The van der Waals surface area contributed by atoms with Gasteiger partial charge in [0.15, 0.2) is 0 Å². The van der Waals surface area contributed by atoms with Gasteiger partial charge in [-0.25, -0.2) is 0 Å². The Morgan fingerprint density at radius 3 is 2.05 bits per heavy atom. The number of carbonyl (C=O) groups excluding carboxylic acids is 1. The molecule has 0 aromatic heterocycles. The average molecular weight is 276 g/mol. The number of para-hydroxylation sites is 1. The predicted molar refractivity (Wildman–Crippen MR) is 83.7 cm³/mol. The fraction of sp³-hybridized carbons (Fsp3) is 0.611. The molecule has 0 fully saturated rings. The second kappa shape index (κ2) is 6.43. The van der Waals surface area contributed by atoms with Crippen molar-refractivity contribution in [2.75, 3.05) is 0 Å². The summed E-state index contributed by atoms with van der Waals surface area (Å²) in [5.74, 6) is 0.428. The third-order valence-electron chi connectivity index (χ3n) is 3.47. The third kappa shape index (κ3) is 5.77. The lowest BCUT2D eigenvalue weighted by Gasteiger charge is -2.31. The maximum absolute atomic E-state index is 12.5. The number of rotatable bonds is 4. The van der Waals surface area contributed by atoms with E-state index in [4.69, 9.17) is 4.74 Å². The Balaban J connectivity index is 2.76. The Kier molecular flexibility index (Phi) is 5.38. The number of ether oxygens (including phenoxy) is 1. The summed E-state index contributed by atoms with van der Waals surface area (Å²) >= 11 is 0. The van der Waals surface area contributed by atoms with Crippen molar-refractivity contribution in [3.05, 3.63) is 30.3 Å². The van der Waals surface area contributed by atoms with Crippen molar-refractivity contribution in [3.63, 3.8) is 0 Å². The van der Waals surface area contributed by atoms with Crippen molar-refractivity contribution in [3.8, 4) is 5.75 Å². The summed E-state index contributed by atoms with van der Waals surface area (Å²) in [4.78, 5) is 12.5. The molecule has 0 heterocycles. The first-order valence-corrected chi connectivity index (χ1v) is 7.36. The zero-order valence-corrected chi connectivity index (χ0v) is 13.7. The number of carbonyl (C=O) groups is 1. The van der Waals surface area contributed by atoms with E-state index in [1.165, 1.54) is 0 Å². The van der Waals surface area contributed by atoms with Gasteiger partial charge in [-0.3, -0.25) is 4.79 Å². The molecule has 1 rings (SSSR count). The second-order valence-corrected chi connectivity index (χ2v) is 7.75. The van der Waals surface area contributed by atoms with Crippen LogP contribution in [0.5, 0.6) is 5.75 Å².